The van der Waals surface area contributed by atoms with Gasteiger partial charge in [0.25, 0.3) is 5.91 Å². The fourth-order valence-corrected chi connectivity index (χ4v) is 5.34. The number of methoxy groups -OCH3 is 1. The number of aryl methyl sites for hydroxylation is 1. The summed E-state index contributed by atoms with van der Waals surface area (Å²) < 4.78 is 35.8. The number of carbonyl (C=O) groups is 2. The van der Waals surface area contributed by atoms with Crippen molar-refractivity contribution in [2.45, 2.75) is 19.6 Å². The molecular weight excluding hydrogens is 508 g/mol. The zero-order valence-electron chi connectivity index (χ0n) is 21.7. The van der Waals surface area contributed by atoms with Crippen LogP contribution in [0.1, 0.15) is 21.6 Å². The number of piperazine rings is 1. The Morgan fingerprint density at radius 2 is 1.74 bits per heavy atom. The van der Waals surface area contributed by atoms with Crippen molar-refractivity contribution in [3.63, 3.8) is 0 Å². The number of sulfonamides is 1. The van der Waals surface area contributed by atoms with Crippen LogP contribution in [0.2, 0.25) is 0 Å². The van der Waals surface area contributed by atoms with Crippen LogP contribution < -0.4 is 10.1 Å². The molecule has 0 saturated carbocycles. The minimum absolute atomic E-state index is 0.0388. The van der Waals surface area contributed by atoms with Crippen LogP contribution in [0.3, 0.4) is 0 Å². The lowest BCUT2D eigenvalue weighted by molar-refractivity contribution is -0.147. The first-order valence-electron chi connectivity index (χ1n) is 12.3. The number of hydrogen-bond donors (Lipinski definition) is 1. The maximum atomic E-state index is 12.8. The second-order valence-corrected chi connectivity index (χ2v) is 11.2. The molecule has 38 heavy (non-hydrogen) atoms. The number of nitrogens with zero attached hydrogens (tertiary/aromatic N) is 3. The first-order chi connectivity index (χ1) is 18.2. The van der Waals surface area contributed by atoms with E-state index >= 15 is 0 Å². The molecule has 11 heteroatoms. The highest BCUT2D eigenvalue weighted by atomic mass is 32.2. The summed E-state index contributed by atoms with van der Waals surface area (Å²) in [7, 11) is -2.00. The molecule has 1 atom stereocenters. The summed E-state index contributed by atoms with van der Waals surface area (Å²) in [5.41, 5.74) is 3.28. The molecule has 202 valence electrons. The van der Waals surface area contributed by atoms with E-state index in [0.717, 1.165) is 22.2 Å². The van der Waals surface area contributed by atoms with E-state index in [-0.39, 0.29) is 25.5 Å². The van der Waals surface area contributed by atoms with Gasteiger partial charge in [-0.05, 0) is 43.3 Å². The smallest absolute Gasteiger partial charge is 0.324 e. The lowest BCUT2D eigenvalue weighted by Gasteiger charge is -2.37. The molecule has 0 spiro atoms. The van der Waals surface area contributed by atoms with E-state index in [9.17, 15) is 18.0 Å². The molecule has 1 amide bonds. The highest BCUT2D eigenvalue weighted by molar-refractivity contribution is 7.88. The lowest BCUT2D eigenvalue weighted by Crippen LogP contribution is -2.57. The number of rotatable bonds is 9. The second kappa shape index (κ2) is 11.9. The summed E-state index contributed by atoms with van der Waals surface area (Å²) >= 11 is 0. The van der Waals surface area contributed by atoms with E-state index in [1.54, 1.807) is 24.3 Å². The fraction of sp³-hybridized carbons (Fsp3) is 0.370. The third-order valence-electron chi connectivity index (χ3n) is 6.55. The van der Waals surface area contributed by atoms with Gasteiger partial charge >= 0.3 is 5.97 Å². The molecule has 1 aliphatic rings. The number of ether oxygens (including phenoxy) is 2. The third kappa shape index (κ3) is 6.66. The molecule has 4 rings (SSSR count). The van der Waals surface area contributed by atoms with Crippen LogP contribution in [-0.2, 0) is 26.2 Å². The third-order valence-corrected chi connectivity index (χ3v) is 7.86. The standard InChI is InChI=1S/C27H32N4O6S/c1-19-16-21(23-6-4-5-7-24(23)29-19)18-37-22-10-8-20(9-11-22)26(32)28-17-25(27(33)36-2)30-12-14-31(15-13-30)38(3,34)35/h4-11,16,25H,12-15,17-18H2,1-3H3,(H,28,32)/t25-/m0/s1. The highest BCUT2D eigenvalue weighted by Gasteiger charge is 2.32. The number of para-hydroxylation sites is 1. The Balaban J connectivity index is 1.34. The van der Waals surface area contributed by atoms with E-state index < -0.39 is 22.0 Å². The molecule has 2 heterocycles. The average Bonchev–Trinajstić information content (AvgIpc) is 2.91. The molecule has 3 aromatic rings. The van der Waals surface area contributed by atoms with E-state index in [1.807, 2.05) is 42.2 Å². The average molecular weight is 541 g/mol. The molecule has 1 N–H and O–H groups in total. The molecule has 0 aliphatic carbocycles. The Morgan fingerprint density at radius 1 is 1.05 bits per heavy atom. The molecule has 0 radical (unpaired) electrons. The Bertz CT molecular complexity index is 1400. The summed E-state index contributed by atoms with van der Waals surface area (Å²) in [6.07, 6.45) is 1.17. The van der Waals surface area contributed by atoms with Crippen molar-refractivity contribution in [3.05, 3.63) is 71.4 Å². The summed E-state index contributed by atoms with van der Waals surface area (Å²) in [4.78, 5) is 31.6. The lowest BCUT2D eigenvalue weighted by atomic mass is 10.1. The molecule has 0 unspecified atom stereocenters. The van der Waals surface area contributed by atoms with E-state index in [2.05, 4.69) is 10.3 Å². The maximum Gasteiger partial charge on any atom is 0.324 e. The van der Waals surface area contributed by atoms with Crippen LogP contribution in [0.15, 0.2) is 54.6 Å². The topological polar surface area (TPSA) is 118 Å². The van der Waals surface area contributed by atoms with Crippen LogP contribution in [0, 0.1) is 6.92 Å². The normalized spacial score (nSPS) is 15.7. The number of pyridine rings is 1. The van der Waals surface area contributed by atoms with E-state index in [1.165, 1.54) is 17.7 Å². The molecule has 2 aromatic carbocycles. The van der Waals surface area contributed by atoms with Gasteiger partial charge in [0, 0.05) is 54.9 Å². The molecule has 1 saturated heterocycles. The van der Waals surface area contributed by atoms with Crippen LogP contribution >= 0.6 is 0 Å². The van der Waals surface area contributed by atoms with Crippen LogP contribution in [0.5, 0.6) is 5.75 Å². The summed E-state index contributed by atoms with van der Waals surface area (Å²) in [6.45, 7) is 3.62. The zero-order valence-corrected chi connectivity index (χ0v) is 22.5. The minimum atomic E-state index is -3.29. The fourth-order valence-electron chi connectivity index (χ4n) is 4.51. The van der Waals surface area contributed by atoms with Crippen LogP contribution in [0.25, 0.3) is 10.9 Å². The van der Waals surface area contributed by atoms with Crippen molar-refractivity contribution in [2.24, 2.45) is 0 Å². The number of fused-ring (bicyclic) bond motifs is 1. The number of benzene rings is 2. The van der Waals surface area contributed by atoms with Crippen molar-refractivity contribution in [1.29, 1.82) is 0 Å². The summed E-state index contributed by atoms with van der Waals surface area (Å²) in [6, 6.07) is 16.0. The monoisotopic (exact) mass is 540 g/mol. The van der Waals surface area contributed by atoms with Gasteiger partial charge < -0.3 is 14.8 Å². The van der Waals surface area contributed by atoms with Crippen molar-refractivity contribution in [3.8, 4) is 5.75 Å². The number of esters is 1. The molecular formula is C27H32N4O6S. The molecule has 1 aliphatic heterocycles. The molecule has 1 aromatic heterocycles. The summed E-state index contributed by atoms with van der Waals surface area (Å²) in [5, 5.41) is 3.83. The van der Waals surface area contributed by atoms with Gasteiger partial charge in [0.1, 0.15) is 18.4 Å². The quantitative estimate of drug-likeness (QED) is 0.410. The van der Waals surface area contributed by atoms with Gasteiger partial charge in [0.2, 0.25) is 10.0 Å². The Morgan fingerprint density at radius 3 is 2.39 bits per heavy atom. The second-order valence-electron chi connectivity index (χ2n) is 9.20. The van der Waals surface area contributed by atoms with Gasteiger partial charge in [-0.25, -0.2) is 8.42 Å². The molecule has 10 nitrogen and oxygen atoms in total. The number of hydrogen-bond acceptors (Lipinski definition) is 8. The van der Waals surface area contributed by atoms with E-state index in [0.29, 0.717) is 31.0 Å². The number of nitrogens with one attached hydrogen (secondary N) is 1. The number of aromatic nitrogens is 1. The Hall–Kier alpha value is -3.54. The van der Waals surface area contributed by atoms with Gasteiger partial charge in [0.05, 0.1) is 18.9 Å². The first kappa shape index (κ1) is 27.5. The van der Waals surface area contributed by atoms with Crippen molar-refractivity contribution in [2.75, 3.05) is 46.1 Å². The van der Waals surface area contributed by atoms with Gasteiger partial charge in [0.15, 0.2) is 0 Å². The van der Waals surface area contributed by atoms with Crippen molar-refractivity contribution in [1.82, 2.24) is 19.5 Å². The van der Waals surface area contributed by atoms with Gasteiger partial charge in [-0.1, -0.05) is 18.2 Å². The summed E-state index contributed by atoms with van der Waals surface area (Å²) in [5.74, 6) is -0.201. The van der Waals surface area contributed by atoms with Gasteiger partial charge in [-0.2, -0.15) is 4.31 Å². The first-order valence-corrected chi connectivity index (χ1v) is 14.1. The number of carbonyl (C=O) groups excluding carboxylic acids is 2. The predicted molar refractivity (Wildman–Crippen MR) is 143 cm³/mol. The van der Waals surface area contributed by atoms with Gasteiger partial charge in [-0.15, -0.1) is 0 Å². The maximum absolute atomic E-state index is 12.8. The zero-order chi connectivity index (χ0) is 27.3. The largest absolute Gasteiger partial charge is 0.489 e. The minimum Gasteiger partial charge on any atom is -0.489 e. The van der Waals surface area contributed by atoms with Crippen LogP contribution in [0.4, 0.5) is 0 Å². The number of amides is 1. The Labute approximate surface area is 222 Å². The molecule has 1 fully saturated rings. The predicted octanol–water partition coefficient (Wildman–Crippen LogP) is 1.97. The van der Waals surface area contributed by atoms with Gasteiger partial charge in [-0.3, -0.25) is 19.5 Å². The van der Waals surface area contributed by atoms with Crippen LogP contribution in [-0.4, -0.2) is 86.6 Å². The molecule has 0 bridgehead atoms. The van der Waals surface area contributed by atoms with Crippen molar-refractivity contribution < 1.29 is 27.5 Å². The Kier molecular flexibility index (Phi) is 8.60. The van der Waals surface area contributed by atoms with E-state index in [4.69, 9.17) is 9.47 Å². The SMILES string of the molecule is COC(=O)[C@H](CNC(=O)c1ccc(OCc2cc(C)nc3ccccc23)cc1)N1CCN(S(C)(=O)=O)CC1. The highest BCUT2D eigenvalue weighted by Crippen LogP contribution is 2.21. The van der Waals surface area contributed by atoms with Crippen molar-refractivity contribution >= 4 is 32.8 Å².